The Labute approximate surface area is 109 Å². The van der Waals surface area contributed by atoms with Crippen LogP contribution in [0.25, 0.3) is 0 Å². The van der Waals surface area contributed by atoms with Crippen LogP contribution in [0, 0.1) is 0 Å². The first-order valence-corrected chi connectivity index (χ1v) is 6.59. The van der Waals surface area contributed by atoms with Gasteiger partial charge in [0.25, 0.3) is 0 Å². The Kier molecular flexibility index (Phi) is 4.30. The van der Waals surface area contributed by atoms with Crippen LogP contribution in [-0.2, 0) is 6.42 Å². The Morgan fingerprint density at radius 1 is 1.39 bits per heavy atom. The van der Waals surface area contributed by atoms with Gasteiger partial charge < -0.3 is 15.8 Å². The highest BCUT2D eigenvalue weighted by molar-refractivity contribution is 7.07. The molecular formula is C11H15N5OS. The fraction of sp³-hybridized carbons (Fsp3) is 0.364. The lowest BCUT2D eigenvalue weighted by Crippen LogP contribution is -2.10. The van der Waals surface area contributed by atoms with E-state index in [1.807, 2.05) is 17.8 Å². The second-order valence-corrected chi connectivity index (χ2v) is 4.25. The van der Waals surface area contributed by atoms with Gasteiger partial charge in [-0.1, -0.05) is 0 Å². The highest BCUT2D eigenvalue weighted by atomic mass is 32.1. The predicted octanol–water partition coefficient (Wildman–Crippen LogP) is 1.57. The Morgan fingerprint density at radius 3 is 3.00 bits per heavy atom. The van der Waals surface area contributed by atoms with Crippen LogP contribution in [0.15, 0.2) is 17.2 Å². The number of nitrogens with one attached hydrogen (secondary N) is 1. The normalized spacial score (nSPS) is 10.3. The molecule has 0 aliphatic carbocycles. The molecule has 0 radical (unpaired) electrons. The molecule has 0 fully saturated rings. The number of hydrogen-bond acceptors (Lipinski definition) is 7. The highest BCUT2D eigenvalue weighted by Crippen LogP contribution is 2.24. The number of nitrogen functional groups attached to an aromatic ring is 1. The van der Waals surface area contributed by atoms with E-state index in [-0.39, 0.29) is 0 Å². The van der Waals surface area contributed by atoms with E-state index in [2.05, 4.69) is 20.3 Å². The quantitative estimate of drug-likeness (QED) is 0.824. The van der Waals surface area contributed by atoms with Gasteiger partial charge in [-0.25, -0.2) is 9.97 Å². The smallest absolute Gasteiger partial charge is 0.242 e. The molecule has 2 heterocycles. The number of thiazole rings is 1. The van der Waals surface area contributed by atoms with Crippen LogP contribution in [0.1, 0.15) is 12.6 Å². The van der Waals surface area contributed by atoms with Gasteiger partial charge in [0.05, 0.1) is 17.8 Å². The van der Waals surface area contributed by atoms with Crippen LogP contribution in [0.4, 0.5) is 11.5 Å². The van der Waals surface area contributed by atoms with Gasteiger partial charge in [-0.3, -0.25) is 0 Å². The average molecular weight is 265 g/mol. The fourth-order valence-electron chi connectivity index (χ4n) is 1.44. The van der Waals surface area contributed by atoms with Crippen LogP contribution in [0.3, 0.4) is 0 Å². The third-order valence-electron chi connectivity index (χ3n) is 2.29. The lowest BCUT2D eigenvalue weighted by molar-refractivity contribution is 0.328. The highest BCUT2D eigenvalue weighted by Gasteiger charge is 2.08. The molecule has 18 heavy (non-hydrogen) atoms. The topological polar surface area (TPSA) is 86.0 Å². The van der Waals surface area contributed by atoms with Crippen molar-refractivity contribution < 1.29 is 4.74 Å². The molecule has 0 spiro atoms. The van der Waals surface area contributed by atoms with Crippen LogP contribution in [0.5, 0.6) is 5.88 Å². The number of anilines is 2. The van der Waals surface area contributed by atoms with Crippen LogP contribution in [0.2, 0.25) is 0 Å². The van der Waals surface area contributed by atoms with Gasteiger partial charge in [0, 0.05) is 18.3 Å². The van der Waals surface area contributed by atoms with Gasteiger partial charge in [-0.05, 0) is 6.92 Å². The molecule has 6 nitrogen and oxygen atoms in total. The summed E-state index contributed by atoms with van der Waals surface area (Å²) < 4.78 is 5.30. The summed E-state index contributed by atoms with van der Waals surface area (Å²) in [5, 5.41) is 5.18. The first-order valence-electron chi connectivity index (χ1n) is 5.65. The maximum absolute atomic E-state index is 5.90. The van der Waals surface area contributed by atoms with Crippen molar-refractivity contribution in [1.29, 1.82) is 0 Å². The van der Waals surface area contributed by atoms with Crippen LogP contribution < -0.4 is 15.8 Å². The number of hydrogen-bond donors (Lipinski definition) is 2. The van der Waals surface area contributed by atoms with Crippen molar-refractivity contribution in [3.05, 3.63) is 22.9 Å². The first-order chi connectivity index (χ1) is 8.81. The molecule has 7 heteroatoms. The number of aromatic nitrogens is 3. The minimum Gasteiger partial charge on any atom is -0.476 e. The molecule has 0 aliphatic heterocycles. The van der Waals surface area contributed by atoms with Crippen molar-refractivity contribution >= 4 is 22.8 Å². The minimum atomic E-state index is 0.420. The summed E-state index contributed by atoms with van der Waals surface area (Å²) in [6.07, 6.45) is 2.27. The molecule has 0 atom stereocenters. The molecule has 2 rings (SSSR count). The third-order valence-corrected chi connectivity index (χ3v) is 2.92. The van der Waals surface area contributed by atoms with Crippen LogP contribution >= 0.6 is 11.3 Å². The lowest BCUT2D eigenvalue weighted by Gasteiger charge is -2.10. The van der Waals surface area contributed by atoms with E-state index in [1.54, 1.807) is 11.3 Å². The number of ether oxygens (including phenoxy) is 1. The van der Waals surface area contributed by atoms with E-state index in [0.717, 1.165) is 18.7 Å². The molecule has 0 saturated carbocycles. The van der Waals surface area contributed by atoms with E-state index in [0.29, 0.717) is 24.0 Å². The minimum absolute atomic E-state index is 0.420. The Morgan fingerprint density at radius 2 is 2.28 bits per heavy atom. The second kappa shape index (κ2) is 6.15. The summed E-state index contributed by atoms with van der Waals surface area (Å²) in [6.45, 7) is 3.13. The molecule has 0 unspecified atom stereocenters. The summed E-state index contributed by atoms with van der Waals surface area (Å²) in [5.41, 5.74) is 9.23. The molecule has 2 aromatic heterocycles. The van der Waals surface area contributed by atoms with Gasteiger partial charge in [-0.15, -0.1) is 11.3 Å². The van der Waals surface area contributed by atoms with Gasteiger partial charge >= 0.3 is 0 Å². The van der Waals surface area contributed by atoms with Gasteiger partial charge in [0.2, 0.25) is 5.88 Å². The summed E-state index contributed by atoms with van der Waals surface area (Å²) in [6, 6.07) is 0. The van der Waals surface area contributed by atoms with E-state index >= 15 is 0 Å². The fourth-order valence-corrected chi connectivity index (χ4v) is 2.03. The average Bonchev–Trinajstić information content (AvgIpc) is 2.87. The van der Waals surface area contributed by atoms with Crippen molar-refractivity contribution in [3.63, 3.8) is 0 Å². The van der Waals surface area contributed by atoms with E-state index in [1.165, 1.54) is 6.33 Å². The van der Waals surface area contributed by atoms with Crippen molar-refractivity contribution in [2.45, 2.75) is 13.3 Å². The Hall–Kier alpha value is -1.89. The Balaban J connectivity index is 1.94. The SMILES string of the molecule is CCOc1ncnc(NCCc2cscn2)c1N. The standard InChI is InChI=1S/C11H15N5OS/c1-2-17-11-9(12)10(14-6-15-11)13-4-3-8-5-18-7-16-8/h5-7H,2-4,12H2,1H3,(H,13,14,15). The molecule has 0 bridgehead atoms. The molecule has 3 N–H and O–H groups in total. The molecule has 0 saturated heterocycles. The van der Waals surface area contributed by atoms with Crippen molar-refractivity contribution in [2.75, 3.05) is 24.2 Å². The zero-order valence-electron chi connectivity index (χ0n) is 10.1. The zero-order chi connectivity index (χ0) is 12.8. The van der Waals surface area contributed by atoms with Crippen molar-refractivity contribution in [1.82, 2.24) is 15.0 Å². The molecule has 96 valence electrons. The summed E-state index contributed by atoms with van der Waals surface area (Å²) in [5.74, 6) is 1.02. The summed E-state index contributed by atoms with van der Waals surface area (Å²) in [4.78, 5) is 12.3. The van der Waals surface area contributed by atoms with Crippen molar-refractivity contribution in [2.24, 2.45) is 0 Å². The van der Waals surface area contributed by atoms with E-state index in [9.17, 15) is 0 Å². The van der Waals surface area contributed by atoms with Gasteiger partial charge in [0.1, 0.15) is 12.0 Å². The van der Waals surface area contributed by atoms with Gasteiger partial charge in [0.15, 0.2) is 5.82 Å². The third kappa shape index (κ3) is 3.07. The number of nitrogens with zero attached hydrogens (tertiary/aromatic N) is 3. The predicted molar refractivity (Wildman–Crippen MR) is 71.9 cm³/mol. The molecular weight excluding hydrogens is 250 g/mol. The lowest BCUT2D eigenvalue weighted by atomic mass is 10.3. The summed E-state index contributed by atoms with van der Waals surface area (Å²) in [7, 11) is 0. The number of rotatable bonds is 6. The maximum atomic E-state index is 5.90. The molecule has 0 amide bonds. The van der Waals surface area contributed by atoms with Gasteiger partial charge in [-0.2, -0.15) is 4.98 Å². The molecule has 0 aromatic carbocycles. The molecule has 2 aromatic rings. The largest absolute Gasteiger partial charge is 0.476 e. The molecule has 0 aliphatic rings. The van der Waals surface area contributed by atoms with Crippen LogP contribution in [-0.4, -0.2) is 28.1 Å². The maximum Gasteiger partial charge on any atom is 0.242 e. The summed E-state index contributed by atoms with van der Waals surface area (Å²) >= 11 is 1.59. The number of nitrogens with two attached hydrogens (primary N) is 1. The second-order valence-electron chi connectivity index (χ2n) is 3.53. The van der Waals surface area contributed by atoms with E-state index in [4.69, 9.17) is 10.5 Å². The van der Waals surface area contributed by atoms with Crippen molar-refractivity contribution in [3.8, 4) is 5.88 Å². The first kappa shape index (κ1) is 12.6. The monoisotopic (exact) mass is 265 g/mol. The van der Waals surface area contributed by atoms with E-state index < -0.39 is 0 Å². The Bertz CT molecular complexity index is 488. The zero-order valence-corrected chi connectivity index (χ0v) is 10.9.